The molecule has 0 aliphatic heterocycles. The number of hydrogen-bond donors (Lipinski definition) is 2. The van der Waals surface area contributed by atoms with E-state index in [-0.39, 0.29) is 11.9 Å². The number of aromatic nitrogens is 2. The van der Waals surface area contributed by atoms with E-state index in [0.717, 1.165) is 5.69 Å². The molecule has 0 saturated carbocycles. The van der Waals surface area contributed by atoms with Crippen molar-refractivity contribution in [1.82, 2.24) is 15.3 Å². The maximum atomic E-state index is 10.6. The third-order valence-corrected chi connectivity index (χ3v) is 1.78. The van der Waals surface area contributed by atoms with E-state index in [2.05, 4.69) is 15.3 Å². The van der Waals surface area contributed by atoms with Crippen LogP contribution in [0.15, 0.2) is 18.6 Å². The summed E-state index contributed by atoms with van der Waals surface area (Å²) in [5.74, 6) is -0.298. The molecule has 0 radical (unpaired) electrons. The fraction of sp³-hybridized carbons (Fsp3) is 0.444. The van der Waals surface area contributed by atoms with Crippen LogP contribution in [0.1, 0.15) is 19.0 Å². The van der Waals surface area contributed by atoms with E-state index in [4.69, 9.17) is 5.73 Å². The van der Waals surface area contributed by atoms with Crippen LogP contribution in [0.4, 0.5) is 0 Å². The zero-order valence-electron chi connectivity index (χ0n) is 8.10. The SMILES string of the molecule is CC(CC(N)=O)NCc1ccncn1. The summed E-state index contributed by atoms with van der Waals surface area (Å²) in [5, 5.41) is 3.14. The van der Waals surface area contributed by atoms with E-state index in [1.54, 1.807) is 6.20 Å². The highest BCUT2D eigenvalue weighted by Crippen LogP contribution is 1.94. The van der Waals surface area contributed by atoms with Crippen molar-refractivity contribution in [2.24, 2.45) is 5.73 Å². The van der Waals surface area contributed by atoms with E-state index >= 15 is 0 Å². The number of amides is 1. The first-order valence-corrected chi connectivity index (χ1v) is 4.45. The van der Waals surface area contributed by atoms with Gasteiger partial charge in [-0.05, 0) is 13.0 Å². The van der Waals surface area contributed by atoms with E-state index in [1.807, 2.05) is 13.0 Å². The van der Waals surface area contributed by atoms with Gasteiger partial charge in [0, 0.05) is 25.2 Å². The van der Waals surface area contributed by atoms with Crippen molar-refractivity contribution in [2.45, 2.75) is 25.9 Å². The van der Waals surface area contributed by atoms with Gasteiger partial charge in [0.15, 0.2) is 0 Å². The molecule has 5 nitrogen and oxygen atoms in total. The highest BCUT2D eigenvalue weighted by Gasteiger charge is 2.04. The molecule has 0 saturated heterocycles. The number of nitrogens with zero attached hydrogens (tertiary/aromatic N) is 2. The van der Waals surface area contributed by atoms with Crippen LogP contribution in [0.3, 0.4) is 0 Å². The largest absolute Gasteiger partial charge is 0.370 e. The number of primary amides is 1. The summed E-state index contributed by atoms with van der Waals surface area (Å²) in [4.78, 5) is 18.4. The molecule has 1 unspecified atom stereocenters. The molecule has 1 heterocycles. The Kier molecular flexibility index (Phi) is 4.00. The molecule has 5 heteroatoms. The molecule has 1 rings (SSSR count). The minimum Gasteiger partial charge on any atom is -0.370 e. The lowest BCUT2D eigenvalue weighted by atomic mass is 10.2. The summed E-state index contributed by atoms with van der Waals surface area (Å²) in [6, 6.07) is 1.90. The van der Waals surface area contributed by atoms with Gasteiger partial charge in [-0.1, -0.05) is 0 Å². The Balaban J connectivity index is 2.30. The van der Waals surface area contributed by atoms with Crippen molar-refractivity contribution < 1.29 is 4.79 Å². The Morgan fingerprint density at radius 3 is 3.07 bits per heavy atom. The van der Waals surface area contributed by atoms with Crippen molar-refractivity contribution in [3.63, 3.8) is 0 Å². The molecule has 0 spiro atoms. The quantitative estimate of drug-likeness (QED) is 0.682. The van der Waals surface area contributed by atoms with Gasteiger partial charge in [0.25, 0.3) is 0 Å². The number of hydrogen-bond acceptors (Lipinski definition) is 4. The molecular weight excluding hydrogens is 180 g/mol. The van der Waals surface area contributed by atoms with Gasteiger partial charge in [-0.2, -0.15) is 0 Å². The summed E-state index contributed by atoms with van der Waals surface area (Å²) in [5.41, 5.74) is 5.96. The van der Waals surface area contributed by atoms with Crippen molar-refractivity contribution in [3.8, 4) is 0 Å². The highest BCUT2D eigenvalue weighted by molar-refractivity contribution is 5.74. The van der Waals surface area contributed by atoms with Crippen molar-refractivity contribution in [1.29, 1.82) is 0 Å². The van der Waals surface area contributed by atoms with Gasteiger partial charge >= 0.3 is 0 Å². The first kappa shape index (κ1) is 10.6. The normalized spacial score (nSPS) is 12.4. The van der Waals surface area contributed by atoms with Crippen LogP contribution < -0.4 is 11.1 Å². The molecule has 0 aliphatic rings. The van der Waals surface area contributed by atoms with E-state index in [0.29, 0.717) is 13.0 Å². The van der Waals surface area contributed by atoms with E-state index < -0.39 is 0 Å². The second kappa shape index (κ2) is 5.29. The predicted octanol–water partition coefficient (Wildman–Crippen LogP) is -0.170. The third kappa shape index (κ3) is 3.95. The zero-order chi connectivity index (χ0) is 10.4. The van der Waals surface area contributed by atoms with Gasteiger partial charge in [-0.25, -0.2) is 9.97 Å². The monoisotopic (exact) mass is 194 g/mol. The van der Waals surface area contributed by atoms with Gasteiger partial charge in [0.1, 0.15) is 6.33 Å². The first-order chi connectivity index (χ1) is 6.68. The van der Waals surface area contributed by atoms with Crippen LogP contribution in [0, 0.1) is 0 Å². The number of rotatable bonds is 5. The first-order valence-electron chi connectivity index (χ1n) is 4.45. The second-order valence-corrected chi connectivity index (χ2v) is 3.15. The van der Waals surface area contributed by atoms with Crippen LogP contribution >= 0.6 is 0 Å². The molecule has 1 aromatic heterocycles. The fourth-order valence-electron chi connectivity index (χ4n) is 1.08. The lowest BCUT2D eigenvalue weighted by Crippen LogP contribution is -2.30. The average Bonchev–Trinajstić information content (AvgIpc) is 2.15. The summed E-state index contributed by atoms with van der Waals surface area (Å²) in [6.07, 6.45) is 3.52. The Morgan fingerprint density at radius 2 is 2.50 bits per heavy atom. The Morgan fingerprint density at radius 1 is 1.71 bits per heavy atom. The lowest BCUT2D eigenvalue weighted by Gasteiger charge is -2.10. The summed E-state index contributed by atoms with van der Waals surface area (Å²) >= 11 is 0. The number of nitrogens with two attached hydrogens (primary N) is 1. The van der Waals surface area contributed by atoms with E-state index in [9.17, 15) is 4.79 Å². The van der Waals surface area contributed by atoms with Crippen molar-refractivity contribution in [2.75, 3.05) is 0 Å². The molecule has 0 aromatic carbocycles. The van der Waals surface area contributed by atoms with Gasteiger partial charge in [0.2, 0.25) is 5.91 Å². The minimum atomic E-state index is -0.298. The van der Waals surface area contributed by atoms with Crippen molar-refractivity contribution in [3.05, 3.63) is 24.3 Å². The topological polar surface area (TPSA) is 80.9 Å². The molecule has 1 aromatic rings. The van der Waals surface area contributed by atoms with Crippen molar-refractivity contribution >= 4 is 5.91 Å². The summed E-state index contributed by atoms with van der Waals surface area (Å²) in [6.45, 7) is 2.53. The molecule has 0 fully saturated rings. The molecule has 14 heavy (non-hydrogen) atoms. The second-order valence-electron chi connectivity index (χ2n) is 3.15. The predicted molar refractivity (Wildman–Crippen MR) is 52.1 cm³/mol. The Labute approximate surface area is 82.7 Å². The standard InChI is InChI=1S/C9H14N4O/c1-7(4-9(10)14)12-5-8-2-3-11-6-13-8/h2-3,6-7,12H,4-5H2,1H3,(H2,10,14). The highest BCUT2D eigenvalue weighted by atomic mass is 16.1. The zero-order valence-corrected chi connectivity index (χ0v) is 8.10. The van der Waals surface area contributed by atoms with Crippen LogP contribution in [0.25, 0.3) is 0 Å². The summed E-state index contributed by atoms with van der Waals surface area (Å²) < 4.78 is 0. The van der Waals surface area contributed by atoms with Crippen LogP contribution in [-0.4, -0.2) is 21.9 Å². The van der Waals surface area contributed by atoms with Crippen LogP contribution in [0.5, 0.6) is 0 Å². The number of carbonyl (C=O) groups excluding carboxylic acids is 1. The average molecular weight is 194 g/mol. The molecule has 3 N–H and O–H groups in total. The van der Waals surface area contributed by atoms with Crippen LogP contribution in [-0.2, 0) is 11.3 Å². The fourth-order valence-corrected chi connectivity index (χ4v) is 1.08. The third-order valence-electron chi connectivity index (χ3n) is 1.78. The number of carbonyl (C=O) groups is 1. The lowest BCUT2D eigenvalue weighted by molar-refractivity contribution is -0.118. The van der Waals surface area contributed by atoms with Gasteiger partial charge in [0.05, 0.1) is 5.69 Å². The molecule has 76 valence electrons. The van der Waals surface area contributed by atoms with E-state index in [1.165, 1.54) is 6.33 Å². The van der Waals surface area contributed by atoms with Gasteiger partial charge in [-0.15, -0.1) is 0 Å². The smallest absolute Gasteiger partial charge is 0.218 e. The summed E-state index contributed by atoms with van der Waals surface area (Å²) in [7, 11) is 0. The maximum absolute atomic E-state index is 10.6. The molecule has 1 amide bonds. The molecule has 0 bridgehead atoms. The molecule has 1 atom stereocenters. The Bertz CT molecular complexity index is 288. The maximum Gasteiger partial charge on any atom is 0.218 e. The number of nitrogens with one attached hydrogen (secondary N) is 1. The minimum absolute atomic E-state index is 0.0717. The van der Waals surface area contributed by atoms with Gasteiger partial charge < -0.3 is 11.1 Å². The van der Waals surface area contributed by atoms with Crippen LogP contribution in [0.2, 0.25) is 0 Å². The Hall–Kier alpha value is -1.49. The molecule has 0 aliphatic carbocycles. The molecular formula is C9H14N4O. The van der Waals surface area contributed by atoms with Gasteiger partial charge in [-0.3, -0.25) is 4.79 Å².